The van der Waals surface area contributed by atoms with Gasteiger partial charge in [-0.05, 0) is 48.7 Å². The molecule has 132 valence electrons. The van der Waals surface area contributed by atoms with Gasteiger partial charge >= 0.3 is 6.03 Å². The van der Waals surface area contributed by atoms with Gasteiger partial charge in [0.1, 0.15) is 0 Å². The Morgan fingerprint density at radius 2 is 1.68 bits per heavy atom. The molecule has 0 bridgehead atoms. The Kier molecular flexibility index (Phi) is 4.94. The maximum atomic E-state index is 12.4. The van der Waals surface area contributed by atoms with Crippen LogP contribution in [0.1, 0.15) is 18.1 Å². The minimum absolute atomic E-state index is 0.0158. The van der Waals surface area contributed by atoms with Crippen molar-refractivity contribution >= 4 is 27.4 Å². The average Bonchev–Trinajstić information content (AvgIpc) is 2.62. The molecule has 0 spiro atoms. The molecule has 2 N–H and O–H groups in total. The van der Waals surface area contributed by atoms with Gasteiger partial charge in [-0.1, -0.05) is 24.3 Å². The molecule has 0 radical (unpaired) electrons. The SMILES string of the molecule is CCS(=O)(=O)Nc1ccc(NC(=O)N2CCc3ccccc3C2)cc1. The molecule has 1 aliphatic rings. The number of nitrogens with zero attached hydrogens (tertiary/aromatic N) is 1. The molecule has 3 rings (SSSR count). The number of nitrogens with one attached hydrogen (secondary N) is 2. The summed E-state index contributed by atoms with van der Waals surface area (Å²) >= 11 is 0. The number of urea groups is 1. The van der Waals surface area contributed by atoms with Gasteiger partial charge in [-0.3, -0.25) is 4.72 Å². The van der Waals surface area contributed by atoms with Crippen molar-refractivity contribution in [1.82, 2.24) is 4.90 Å². The first kappa shape index (κ1) is 17.3. The first-order chi connectivity index (χ1) is 12.0. The highest BCUT2D eigenvalue weighted by molar-refractivity contribution is 7.92. The smallest absolute Gasteiger partial charge is 0.320 e. The molecule has 0 unspecified atom stereocenters. The van der Waals surface area contributed by atoms with Gasteiger partial charge in [0.05, 0.1) is 5.75 Å². The van der Waals surface area contributed by atoms with E-state index in [2.05, 4.69) is 16.1 Å². The zero-order valence-corrected chi connectivity index (χ0v) is 14.8. The predicted molar refractivity (Wildman–Crippen MR) is 99.1 cm³/mol. The largest absolute Gasteiger partial charge is 0.322 e. The number of anilines is 2. The van der Waals surface area contributed by atoms with E-state index in [1.807, 2.05) is 18.2 Å². The first-order valence-corrected chi connectivity index (χ1v) is 9.85. The normalized spacial score (nSPS) is 13.9. The highest BCUT2D eigenvalue weighted by Gasteiger charge is 2.20. The number of hydrogen-bond acceptors (Lipinski definition) is 3. The third-order valence-corrected chi connectivity index (χ3v) is 5.51. The molecule has 0 aromatic heterocycles. The summed E-state index contributed by atoms with van der Waals surface area (Å²) in [5.41, 5.74) is 3.57. The number of benzene rings is 2. The van der Waals surface area contributed by atoms with Crippen molar-refractivity contribution in [2.24, 2.45) is 0 Å². The minimum Gasteiger partial charge on any atom is -0.320 e. The van der Waals surface area contributed by atoms with E-state index in [0.29, 0.717) is 24.5 Å². The number of hydrogen-bond donors (Lipinski definition) is 2. The third-order valence-electron chi connectivity index (χ3n) is 4.21. The van der Waals surface area contributed by atoms with Crippen LogP contribution in [0.3, 0.4) is 0 Å². The van der Waals surface area contributed by atoms with Gasteiger partial charge in [-0.2, -0.15) is 0 Å². The lowest BCUT2D eigenvalue weighted by atomic mass is 10.0. The number of sulfonamides is 1. The first-order valence-electron chi connectivity index (χ1n) is 8.20. The van der Waals surface area contributed by atoms with E-state index in [9.17, 15) is 13.2 Å². The van der Waals surface area contributed by atoms with Gasteiger partial charge in [0, 0.05) is 24.5 Å². The fourth-order valence-corrected chi connectivity index (χ4v) is 3.38. The van der Waals surface area contributed by atoms with Crippen molar-refractivity contribution in [3.05, 3.63) is 59.7 Å². The predicted octanol–water partition coefficient (Wildman–Crippen LogP) is 3.04. The number of carbonyl (C=O) groups is 1. The van der Waals surface area contributed by atoms with Gasteiger partial charge in [-0.15, -0.1) is 0 Å². The number of amides is 2. The maximum Gasteiger partial charge on any atom is 0.322 e. The molecule has 1 heterocycles. The molecule has 0 saturated heterocycles. The molecule has 2 aromatic carbocycles. The molecule has 6 nitrogen and oxygen atoms in total. The van der Waals surface area contributed by atoms with Crippen LogP contribution in [-0.4, -0.2) is 31.6 Å². The molecular formula is C18H21N3O3S. The fourth-order valence-electron chi connectivity index (χ4n) is 2.74. The molecule has 7 heteroatoms. The van der Waals surface area contributed by atoms with E-state index >= 15 is 0 Å². The molecule has 0 aliphatic carbocycles. The highest BCUT2D eigenvalue weighted by Crippen LogP contribution is 2.20. The van der Waals surface area contributed by atoms with Crippen molar-refractivity contribution in [1.29, 1.82) is 0 Å². The van der Waals surface area contributed by atoms with Crippen LogP contribution in [0.4, 0.5) is 16.2 Å². The molecule has 0 saturated carbocycles. The van der Waals surface area contributed by atoms with Crippen LogP contribution in [0.15, 0.2) is 48.5 Å². The molecule has 1 aliphatic heterocycles. The van der Waals surface area contributed by atoms with E-state index in [1.165, 1.54) is 11.1 Å². The van der Waals surface area contributed by atoms with Crippen LogP contribution >= 0.6 is 0 Å². The Bertz CT molecular complexity index is 863. The standard InChI is InChI=1S/C18H21N3O3S/c1-2-25(23,24)20-17-9-7-16(8-10-17)19-18(22)21-12-11-14-5-3-4-6-15(14)13-21/h3-10,20H,2,11-13H2,1H3,(H,19,22). The van der Waals surface area contributed by atoms with Crippen molar-refractivity contribution < 1.29 is 13.2 Å². The van der Waals surface area contributed by atoms with E-state index in [-0.39, 0.29) is 11.8 Å². The van der Waals surface area contributed by atoms with Crippen molar-refractivity contribution in [2.75, 3.05) is 22.3 Å². The Balaban J connectivity index is 1.62. The summed E-state index contributed by atoms with van der Waals surface area (Å²) in [6.45, 7) is 2.85. The van der Waals surface area contributed by atoms with Gasteiger partial charge in [-0.25, -0.2) is 13.2 Å². The third kappa shape index (κ3) is 4.30. The molecule has 25 heavy (non-hydrogen) atoms. The summed E-state index contributed by atoms with van der Waals surface area (Å²) in [6, 6.07) is 14.6. The van der Waals surface area contributed by atoms with Crippen LogP contribution in [0.5, 0.6) is 0 Å². The molecule has 2 amide bonds. The second-order valence-corrected chi connectivity index (χ2v) is 7.96. The zero-order valence-electron chi connectivity index (χ0n) is 14.0. The Labute approximate surface area is 147 Å². The van der Waals surface area contributed by atoms with E-state index in [0.717, 1.165) is 6.42 Å². The summed E-state index contributed by atoms with van der Waals surface area (Å²) in [5, 5.41) is 2.86. The van der Waals surface area contributed by atoms with Crippen molar-refractivity contribution in [2.45, 2.75) is 19.9 Å². The lowest BCUT2D eigenvalue weighted by Crippen LogP contribution is -2.38. The number of fused-ring (bicyclic) bond motifs is 1. The summed E-state index contributed by atoms with van der Waals surface area (Å²) in [4.78, 5) is 14.2. The van der Waals surface area contributed by atoms with Crippen LogP contribution in [-0.2, 0) is 23.0 Å². The summed E-state index contributed by atoms with van der Waals surface area (Å²) < 4.78 is 25.6. The monoisotopic (exact) mass is 359 g/mol. The Morgan fingerprint density at radius 1 is 1.04 bits per heavy atom. The van der Waals surface area contributed by atoms with E-state index in [4.69, 9.17) is 0 Å². The van der Waals surface area contributed by atoms with Crippen LogP contribution in [0.2, 0.25) is 0 Å². The zero-order chi connectivity index (χ0) is 17.9. The summed E-state index contributed by atoms with van der Waals surface area (Å²) in [7, 11) is -3.30. The minimum atomic E-state index is -3.30. The van der Waals surface area contributed by atoms with Crippen LogP contribution < -0.4 is 10.0 Å². The average molecular weight is 359 g/mol. The quantitative estimate of drug-likeness (QED) is 0.881. The maximum absolute atomic E-state index is 12.4. The molecule has 0 fully saturated rings. The summed E-state index contributed by atoms with van der Waals surface area (Å²) in [6.07, 6.45) is 0.849. The second kappa shape index (κ2) is 7.14. The van der Waals surface area contributed by atoms with E-state index in [1.54, 1.807) is 36.1 Å². The molecule has 2 aromatic rings. The van der Waals surface area contributed by atoms with Gasteiger partial charge in [0.2, 0.25) is 10.0 Å². The van der Waals surface area contributed by atoms with E-state index < -0.39 is 10.0 Å². The Hall–Kier alpha value is -2.54. The highest BCUT2D eigenvalue weighted by atomic mass is 32.2. The Morgan fingerprint density at radius 3 is 2.36 bits per heavy atom. The van der Waals surface area contributed by atoms with Crippen molar-refractivity contribution in [3.8, 4) is 0 Å². The van der Waals surface area contributed by atoms with Gasteiger partial charge in [0.15, 0.2) is 0 Å². The lowest BCUT2D eigenvalue weighted by molar-refractivity contribution is 0.206. The fraction of sp³-hybridized carbons (Fsp3) is 0.278. The van der Waals surface area contributed by atoms with Crippen LogP contribution in [0, 0.1) is 0 Å². The number of carbonyl (C=O) groups excluding carboxylic acids is 1. The van der Waals surface area contributed by atoms with Crippen molar-refractivity contribution in [3.63, 3.8) is 0 Å². The van der Waals surface area contributed by atoms with Crippen LogP contribution in [0.25, 0.3) is 0 Å². The summed E-state index contributed by atoms with van der Waals surface area (Å²) in [5.74, 6) is 0.0158. The van der Waals surface area contributed by atoms with Gasteiger partial charge in [0.25, 0.3) is 0 Å². The lowest BCUT2D eigenvalue weighted by Gasteiger charge is -2.29. The second-order valence-electron chi connectivity index (χ2n) is 5.95. The molecule has 0 atom stereocenters. The molecular weight excluding hydrogens is 338 g/mol. The number of rotatable bonds is 4. The topological polar surface area (TPSA) is 78.5 Å². The van der Waals surface area contributed by atoms with Gasteiger partial charge < -0.3 is 10.2 Å².